The molecule has 0 unspecified atom stereocenters. The van der Waals surface area contributed by atoms with Crippen molar-refractivity contribution in [2.45, 2.75) is 67.2 Å². The second-order valence-electron chi connectivity index (χ2n) is 12.4. The van der Waals surface area contributed by atoms with Gasteiger partial charge >= 0.3 is 0 Å². The molecule has 0 aliphatic carbocycles. The van der Waals surface area contributed by atoms with Gasteiger partial charge in [-0.2, -0.15) is 0 Å². The second kappa shape index (κ2) is 24.2. The molecule has 4 heteroatoms. The van der Waals surface area contributed by atoms with Crippen LogP contribution in [0.2, 0.25) is 0 Å². The highest BCUT2D eigenvalue weighted by Gasteiger charge is 2.20. The smallest absolute Gasteiger partial charge is 0.115 e. The number of hydrogen-bond acceptors (Lipinski definition) is 4. The molecule has 8 aromatic rings. The predicted molar refractivity (Wildman–Crippen MR) is 248 cm³/mol. The fourth-order valence-electron chi connectivity index (χ4n) is 6.69. The molecular weight excluding hydrogens is 713 g/mol. The zero-order valence-corrected chi connectivity index (χ0v) is 35.3. The van der Waals surface area contributed by atoms with Gasteiger partial charge in [0.15, 0.2) is 0 Å². The highest BCUT2D eigenvalue weighted by molar-refractivity contribution is 5.87. The lowest BCUT2D eigenvalue weighted by molar-refractivity contribution is 0.474. The molecule has 0 aromatic heterocycles. The van der Waals surface area contributed by atoms with Crippen LogP contribution in [0, 0.1) is 0 Å². The van der Waals surface area contributed by atoms with E-state index in [1.54, 1.807) is 48.5 Å². The molecule has 0 aliphatic rings. The Labute approximate surface area is 346 Å². The van der Waals surface area contributed by atoms with E-state index in [1.807, 2.05) is 122 Å². The summed E-state index contributed by atoms with van der Waals surface area (Å²) < 4.78 is 0. The van der Waals surface area contributed by atoms with Crippen molar-refractivity contribution in [1.29, 1.82) is 0 Å². The Hall–Kier alpha value is -6.52. The van der Waals surface area contributed by atoms with E-state index >= 15 is 0 Å². The maximum absolute atomic E-state index is 9.65. The van der Waals surface area contributed by atoms with Crippen molar-refractivity contribution in [2.24, 2.45) is 0 Å². The van der Waals surface area contributed by atoms with Crippen LogP contribution < -0.4 is 0 Å². The summed E-state index contributed by atoms with van der Waals surface area (Å²) in [7, 11) is 0. The normalized spacial score (nSPS) is 9.97. The van der Waals surface area contributed by atoms with Gasteiger partial charge in [0.05, 0.1) is 0 Å². The molecule has 0 aliphatic heterocycles. The lowest BCUT2D eigenvalue weighted by atomic mass is 9.83. The lowest BCUT2D eigenvalue weighted by Crippen LogP contribution is -2.04. The molecule has 58 heavy (non-hydrogen) atoms. The van der Waals surface area contributed by atoms with Gasteiger partial charge in [0.25, 0.3) is 0 Å². The molecule has 0 spiro atoms. The summed E-state index contributed by atoms with van der Waals surface area (Å²) in [5.74, 6) is 1.08. The Morgan fingerprint density at radius 1 is 0.276 bits per heavy atom. The summed E-state index contributed by atoms with van der Waals surface area (Å²) in [5.41, 5.74) is 6.77. The molecule has 0 heterocycles. The van der Waals surface area contributed by atoms with Crippen molar-refractivity contribution in [3.05, 3.63) is 215 Å². The maximum atomic E-state index is 9.65. The van der Waals surface area contributed by atoms with Crippen molar-refractivity contribution in [1.82, 2.24) is 0 Å². The first-order chi connectivity index (χ1) is 28.4. The highest BCUT2D eigenvalue weighted by atomic mass is 16.3. The third-order valence-corrected chi connectivity index (χ3v) is 9.15. The van der Waals surface area contributed by atoms with Crippen LogP contribution in [0.25, 0.3) is 21.5 Å². The Bertz CT molecular complexity index is 2240. The third-order valence-electron chi connectivity index (χ3n) is 9.15. The van der Waals surface area contributed by atoms with Crippen LogP contribution in [0.5, 0.6) is 23.0 Å². The number of fused-ring (bicyclic) bond motifs is 2. The molecular formula is C54H60O4. The molecule has 0 bridgehead atoms. The Morgan fingerprint density at radius 3 is 1.03 bits per heavy atom. The topological polar surface area (TPSA) is 80.9 Å². The average molecular weight is 773 g/mol. The van der Waals surface area contributed by atoms with Crippen LogP contribution in [0.3, 0.4) is 0 Å². The van der Waals surface area contributed by atoms with Crippen LogP contribution in [0.4, 0.5) is 0 Å². The number of hydrogen-bond donors (Lipinski definition) is 4. The molecule has 4 N–H and O–H groups in total. The minimum atomic E-state index is 0.0206. The quantitative estimate of drug-likeness (QED) is 0.127. The largest absolute Gasteiger partial charge is 0.508 e. The van der Waals surface area contributed by atoms with Gasteiger partial charge in [-0.05, 0) is 103 Å². The summed E-state index contributed by atoms with van der Waals surface area (Å²) in [6.45, 7) is 16.0. The third kappa shape index (κ3) is 12.0. The molecule has 0 saturated heterocycles. The van der Waals surface area contributed by atoms with E-state index in [2.05, 4.69) is 66.7 Å². The highest BCUT2D eigenvalue weighted by Crippen LogP contribution is 2.38. The number of aromatic hydroxyl groups is 4. The molecule has 8 aromatic carbocycles. The van der Waals surface area contributed by atoms with Crippen molar-refractivity contribution in [3.63, 3.8) is 0 Å². The average Bonchev–Trinajstić information content (AvgIpc) is 3.29. The van der Waals surface area contributed by atoms with E-state index in [4.69, 9.17) is 0 Å². The zero-order valence-electron chi connectivity index (χ0n) is 35.3. The maximum Gasteiger partial charge on any atom is 0.115 e. The Morgan fingerprint density at radius 2 is 0.603 bits per heavy atom. The van der Waals surface area contributed by atoms with Gasteiger partial charge in [0, 0.05) is 11.8 Å². The van der Waals surface area contributed by atoms with Crippen LogP contribution in [-0.2, 0) is 0 Å². The van der Waals surface area contributed by atoms with E-state index in [1.165, 1.54) is 32.7 Å². The fourth-order valence-corrected chi connectivity index (χ4v) is 6.69. The first-order valence-electron chi connectivity index (χ1n) is 20.5. The number of benzene rings is 8. The standard InChI is InChI=1S/2C23H18O2.4C2H6/c24-19-12-8-17(9-13-19)23(18-10-14-20(25)15-11-18)22-7-3-5-16-4-1-2-6-21(16)22;24-21-11-7-17(8-12-21)23(18-9-13-22(25)14-10-18)20-6-5-16-3-1-2-4-19(16)15-20;4*1-2/h2*1-15,23-25H;4*1-2H3. The van der Waals surface area contributed by atoms with Crippen LogP contribution in [0.15, 0.2) is 182 Å². The molecule has 8 rings (SSSR count). The summed E-state index contributed by atoms with van der Waals surface area (Å²) in [5, 5.41) is 43.4. The molecule has 4 nitrogen and oxygen atoms in total. The van der Waals surface area contributed by atoms with Crippen molar-refractivity contribution in [2.75, 3.05) is 0 Å². The van der Waals surface area contributed by atoms with E-state index in [0.717, 1.165) is 22.3 Å². The van der Waals surface area contributed by atoms with Gasteiger partial charge in [0.1, 0.15) is 23.0 Å². The predicted octanol–water partition coefficient (Wildman–Crippen LogP) is 15.0. The SMILES string of the molecule is CC.CC.CC.CC.Oc1ccc(C(c2ccc(O)cc2)c2ccc3ccccc3c2)cc1.Oc1ccc(C(c2ccc(O)cc2)c2cccc3ccccc23)cc1. The van der Waals surface area contributed by atoms with E-state index < -0.39 is 0 Å². The van der Waals surface area contributed by atoms with E-state index in [0.29, 0.717) is 0 Å². The molecule has 0 fully saturated rings. The Kier molecular flexibility index (Phi) is 19.1. The molecule has 0 amide bonds. The summed E-state index contributed by atoms with van der Waals surface area (Å²) >= 11 is 0. The van der Waals surface area contributed by atoms with E-state index in [9.17, 15) is 20.4 Å². The monoisotopic (exact) mass is 772 g/mol. The molecule has 0 radical (unpaired) electrons. The number of rotatable bonds is 6. The van der Waals surface area contributed by atoms with Crippen molar-refractivity contribution < 1.29 is 20.4 Å². The van der Waals surface area contributed by atoms with Crippen molar-refractivity contribution >= 4 is 21.5 Å². The summed E-state index contributed by atoms with van der Waals surface area (Å²) in [6.07, 6.45) is 0. The number of phenols is 4. The van der Waals surface area contributed by atoms with Gasteiger partial charge in [-0.15, -0.1) is 0 Å². The minimum Gasteiger partial charge on any atom is -0.508 e. The first-order valence-corrected chi connectivity index (χ1v) is 20.5. The van der Waals surface area contributed by atoms with Gasteiger partial charge < -0.3 is 20.4 Å². The van der Waals surface area contributed by atoms with Gasteiger partial charge in [0.2, 0.25) is 0 Å². The van der Waals surface area contributed by atoms with Crippen LogP contribution in [0.1, 0.15) is 101 Å². The van der Waals surface area contributed by atoms with Crippen LogP contribution >= 0.6 is 0 Å². The number of phenolic OH excluding ortho intramolecular Hbond substituents is 4. The van der Waals surface area contributed by atoms with Gasteiger partial charge in [-0.25, -0.2) is 0 Å². The minimum absolute atomic E-state index is 0.0206. The second-order valence-corrected chi connectivity index (χ2v) is 12.4. The lowest BCUT2D eigenvalue weighted by Gasteiger charge is -2.21. The van der Waals surface area contributed by atoms with Gasteiger partial charge in [-0.3, -0.25) is 0 Å². The van der Waals surface area contributed by atoms with Gasteiger partial charge in [-0.1, -0.05) is 189 Å². The Balaban J connectivity index is 0.000000265. The summed E-state index contributed by atoms with van der Waals surface area (Å²) in [4.78, 5) is 0. The van der Waals surface area contributed by atoms with Crippen LogP contribution in [-0.4, -0.2) is 20.4 Å². The first kappa shape index (κ1) is 45.9. The fraction of sp³-hybridized carbons (Fsp3) is 0.185. The van der Waals surface area contributed by atoms with E-state index in [-0.39, 0.29) is 34.8 Å². The molecule has 0 saturated carbocycles. The molecule has 300 valence electrons. The zero-order chi connectivity index (χ0) is 42.5. The molecule has 0 atom stereocenters. The van der Waals surface area contributed by atoms with Crippen molar-refractivity contribution in [3.8, 4) is 23.0 Å². The summed E-state index contributed by atoms with van der Waals surface area (Å²) in [6, 6.07) is 58.8.